The van der Waals surface area contributed by atoms with Crippen molar-refractivity contribution in [3.05, 3.63) is 76.2 Å². The first-order chi connectivity index (χ1) is 13.4. The molecule has 0 aliphatic heterocycles. The summed E-state index contributed by atoms with van der Waals surface area (Å²) in [6, 6.07) is 10.6. The van der Waals surface area contributed by atoms with Crippen LogP contribution in [0, 0.1) is 26.6 Å². The SMILES string of the molecule is Cc1ccc(-c2cn3c(CC(=O)Nc4ccc(F)cc4C)csc3n2)cc1C. The lowest BCUT2D eigenvalue weighted by Gasteiger charge is -2.08. The molecule has 1 amide bonds. The quantitative estimate of drug-likeness (QED) is 0.511. The van der Waals surface area contributed by atoms with Gasteiger partial charge in [0.05, 0.1) is 12.1 Å². The zero-order chi connectivity index (χ0) is 19.8. The van der Waals surface area contributed by atoms with E-state index < -0.39 is 0 Å². The van der Waals surface area contributed by atoms with E-state index in [4.69, 9.17) is 4.98 Å². The Morgan fingerprint density at radius 2 is 1.93 bits per heavy atom. The van der Waals surface area contributed by atoms with Gasteiger partial charge < -0.3 is 5.32 Å². The van der Waals surface area contributed by atoms with E-state index in [1.165, 1.54) is 34.6 Å². The number of thiazole rings is 1. The normalized spacial score (nSPS) is 11.1. The van der Waals surface area contributed by atoms with E-state index in [1.807, 2.05) is 16.0 Å². The van der Waals surface area contributed by atoms with Crippen molar-refractivity contribution in [2.45, 2.75) is 27.2 Å². The number of nitrogens with zero attached hydrogens (tertiary/aromatic N) is 2. The van der Waals surface area contributed by atoms with Crippen LogP contribution in [-0.4, -0.2) is 15.3 Å². The van der Waals surface area contributed by atoms with E-state index in [9.17, 15) is 9.18 Å². The van der Waals surface area contributed by atoms with Crippen molar-refractivity contribution in [1.29, 1.82) is 0 Å². The number of aromatic nitrogens is 2. The van der Waals surface area contributed by atoms with Crippen molar-refractivity contribution in [3.8, 4) is 11.3 Å². The predicted molar refractivity (Wildman–Crippen MR) is 111 cm³/mol. The summed E-state index contributed by atoms with van der Waals surface area (Å²) >= 11 is 1.51. The second kappa shape index (κ2) is 7.20. The van der Waals surface area contributed by atoms with Crippen LogP contribution in [-0.2, 0) is 11.2 Å². The number of carbonyl (C=O) groups is 1. The van der Waals surface area contributed by atoms with E-state index in [2.05, 4.69) is 37.4 Å². The Kier molecular flexibility index (Phi) is 4.73. The number of benzene rings is 2. The molecule has 2 heterocycles. The van der Waals surface area contributed by atoms with Crippen LogP contribution in [0.25, 0.3) is 16.2 Å². The largest absolute Gasteiger partial charge is 0.326 e. The van der Waals surface area contributed by atoms with Crippen LogP contribution >= 0.6 is 11.3 Å². The minimum absolute atomic E-state index is 0.143. The van der Waals surface area contributed by atoms with Gasteiger partial charge in [0.1, 0.15) is 5.82 Å². The fourth-order valence-electron chi connectivity index (χ4n) is 3.12. The van der Waals surface area contributed by atoms with Crippen molar-refractivity contribution in [2.75, 3.05) is 5.32 Å². The van der Waals surface area contributed by atoms with Gasteiger partial charge in [-0.3, -0.25) is 9.20 Å². The minimum atomic E-state index is -0.313. The van der Waals surface area contributed by atoms with Gasteiger partial charge in [0.25, 0.3) is 0 Å². The van der Waals surface area contributed by atoms with Gasteiger partial charge >= 0.3 is 0 Å². The maximum absolute atomic E-state index is 13.2. The van der Waals surface area contributed by atoms with Crippen molar-refractivity contribution in [2.24, 2.45) is 0 Å². The molecule has 1 N–H and O–H groups in total. The summed E-state index contributed by atoms with van der Waals surface area (Å²) in [5, 5.41) is 4.81. The fourth-order valence-corrected chi connectivity index (χ4v) is 4.00. The van der Waals surface area contributed by atoms with Crippen LogP contribution in [0.2, 0.25) is 0 Å². The number of hydrogen-bond acceptors (Lipinski definition) is 3. The molecule has 2 aromatic carbocycles. The number of nitrogens with one attached hydrogen (secondary N) is 1. The standard InChI is InChI=1S/C22H20FN3OS/c1-13-4-5-16(8-14(13)2)20-11-26-18(12-28-22(26)25-20)10-21(27)24-19-7-6-17(23)9-15(19)3/h4-9,11-12H,10H2,1-3H3,(H,24,27). The number of rotatable bonds is 4. The Balaban J connectivity index is 1.56. The van der Waals surface area contributed by atoms with Crippen molar-refractivity contribution in [1.82, 2.24) is 9.38 Å². The van der Waals surface area contributed by atoms with Gasteiger partial charge in [-0.25, -0.2) is 9.37 Å². The number of anilines is 1. The fraction of sp³-hybridized carbons (Fsp3) is 0.182. The van der Waals surface area contributed by atoms with Gasteiger partial charge in [-0.15, -0.1) is 11.3 Å². The Labute approximate surface area is 166 Å². The smallest absolute Gasteiger partial charge is 0.230 e. The average molecular weight is 393 g/mol. The summed E-state index contributed by atoms with van der Waals surface area (Å²) in [5.41, 5.74) is 6.63. The first-order valence-corrected chi connectivity index (χ1v) is 9.88. The molecule has 4 rings (SSSR count). The molecule has 28 heavy (non-hydrogen) atoms. The third-order valence-corrected chi connectivity index (χ3v) is 5.78. The van der Waals surface area contributed by atoms with Gasteiger partial charge in [0.2, 0.25) is 5.91 Å². The third kappa shape index (κ3) is 3.55. The maximum atomic E-state index is 13.2. The lowest BCUT2D eigenvalue weighted by atomic mass is 10.0. The van der Waals surface area contributed by atoms with E-state index in [0.717, 1.165) is 21.9 Å². The average Bonchev–Trinajstić information content (AvgIpc) is 3.22. The molecule has 0 spiro atoms. The first kappa shape index (κ1) is 18.4. The first-order valence-electron chi connectivity index (χ1n) is 9.00. The lowest BCUT2D eigenvalue weighted by Crippen LogP contribution is -2.16. The monoisotopic (exact) mass is 393 g/mol. The second-order valence-corrected chi connectivity index (χ2v) is 7.83. The van der Waals surface area contributed by atoms with Gasteiger partial charge in [-0.1, -0.05) is 12.1 Å². The van der Waals surface area contributed by atoms with Crippen LogP contribution in [0.4, 0.5) is 10.1 Å². The molecule has 6 heteroatoms. The highest BCUT2D eigenvalue weighted by atomic mass is 32.1. The second-order valence-electron chi connectivity index (χ2n) is 6.99. The maximum Gasteiger partial charge on any atom is 0.230 e. The number of aryl methyl sites for hydroxylation is 3. The van der Waals surface area contributed by atoms with Crippen LogP contribution in [0.5, 0.6) is 0 Å². The number of amides is 1. The summed E-state index contributed by atoms with van der Waals surface area (Å²) in [5.74, 6) is -0.455. The highest BCUT2D eigenvalue weighted by Crippen LogP contribution is 2.26. The summed E-state index contributed by atoms with van der Waals surface area (Å²) < 4.78 is 15.2. The molecule has 2 aromatic heterocycles. The molecule has 0 aliphatic rings. The number of halogens is 1. The van der Waals surface area contributed by atoms with Crippen molar-refractivity contribution >= 4 is 27.9 Å². The highest BCUT2D eigenvalue weighted by molar-refractivity contribution is 7.15. The molecular formula is C22H20FN3OS. The molecule has 0 fully saturated rings. The van der Waals surface area contributed by atoms with Crippen LogP contribution in [0.1, 0.15) is 22.4 Å². The van der Waals surface area contributed by atoms with E-state index in [1.54, 1.807) is 13.0 Å². The Morgan fingerprint density at radius 3 is 2.68 bits per heavy atom. The number of hydrogen-bond donors (Lipinski definition) is 1. The van der Waals surface area contributed by atoms with E-state index in [0.29, 0.717) is 11.3 Å². The van der Waals surface area contributed by atoms with Gasteiger partial charge in [0.15, 0.2) is 4.96 Å². The summed E-state index contributed by atoms with van der Waals surface area (Å²) in [7, 11) is 0. The Morgan fingerprint density at radius 1 is 1.11 bits per heavy atom. The topological polar surface area (TPSA) is 46.4 Å². The van der Waals surface area contributed by atoms with Gasteiger partial charge in [0, 0.05) is 28.5 Å². The number of carbonyl (C=O) groups excluding carboxylic acids is 1. The van der Waals surface area contributed by atoms with Crippen LogP contribution < -0.4 is 5.32 Å². The molecule has 0 unspecified atom stereocenters. The number of fused-ring (bicyclic) bond motifs is 1. The highest BCUT2D eigenvalue weighted by Gasteiger charge is 2.14. The number of imidazole rings is 1. The Hall–Kier alpha value is -2.99. The third-order valence-electron chi connectivity index (χ3n) is 4.89. The molecule has 0 bridgehead atoms. The van der Waals surface area contributed by atoms with Crippen LogP contribution in [0.3, 0.4) is 0 Å². The van der Waals surface area contributed by atoms with E-state index in [-0.39, 0.29) is 18.1 Å². The zero-order valence-corrected chi connectivity index (χ0v) is 16.7. The predicted octanol–water partition coefficient (Wildman–Crippen LogP) is 5.31. The van der Waals surface area contributed by atoms with Crippen molar-refractivity contribution < 1.29 is 9.18 Å². The van der Waals surface area contributed by atoms with Gasteiger partial charge in [-0.2, -0.15) is 0 Å². The molecule has 0 saturated carbocycles. The molecule has 4 aromatic rings. The molecular weight excluding hydrogens is 373 g/mol. The molecule has 0 saturated heterocycles. The molecule has 0 aliphatic carbocycles. The van der Waals surface area contributed by atoms with Gasteiger partial charge in [-0.05, 0) is 61.7 Å². The van der Waals surface area contributed by atoms with E-state index >= 15 is 0 Å². The molecule has 0 atom stereocenters. The Bertz CT molecular complexity index is 1190. The minimum Gasteiger partial charge on any atom is -0.326 e. The molecule has 0 radical (unpaired) electrons. The zero-order valence-electron chi connectivity index (χ0n) is 15.9. The summed E-state index contributed by atoms with van der Waals surface area (Å²) in [6.45, 7) is 5.95. The molecule has 142 valence electrons. The summed E-state index contributed by atoms with van der Waals surface area (Å²) in [6.07, 6.45) is 2.20. The van der Waals surface area contributed by atoms with Crippen molar-refractivity contribution in [3.63, 3.8) is 0 Å². The molecule has 4 nitrogen and oxygen atoms in total. The lowest BCUT2D eigenvalue weighted by molar-refractivity contribution is -0.115. The summed E-state index contributed by atoms with van der Waals surface area (Å²) in [4.78, 5) is 18.0. The van der Waals surface area contributed by atoms with Crippen LogP contribution in [0.15, 0.2) is 48.0 Å².